The zero-order chi connectivity index (χ0) is 14.2. The Labute approximate surface area is 114 Å². The SMILES string of the molecule is FC(F)(F)Oc1ccc(-c2cnc3ncsc3n2)cc1. The number of halogens is 3. The molecule has 0 N–H and O–H groups in total. The van der Waals surface area contributed by atoms with Gasteiger partial charge in [-0.05, 0) is 24.3 Å². The van der Waals surface area contributed by atoms with Crippen LogP contribution in [0.4, 0.5) is 13.2 Å². The molecule has 102 valence electrons. The van der Waals surface area contributed by atoms with Crippen molar-refractivity contribution in [1.29, 1.82) is 0 Å². The highest BCUT2D eigenvalue weighted by Crippen LogP contribution is 2.26. The molecule has 0 saturated carbocycles. The molecule has 0 atom stereocenters. The van der Waals surface area contributed by atoms with Gasteiger partial charge in [0.15, 0.2) is 10.5 Å². The van der Waals surface area contributed by atoms with Crippen LogP contribution in [0.3, 0.4) is 0 Å². The minimum Gasteiger partial charge on any atom is -0.406 e. The molecule has 0 aliphatic rings. The normalized spacial score (nSPS) is 11.8. The van der Waals surface area contributed by atoms with Gasteiger partial charge in [-0.3, -0.25) is 0 Å². The zero-order valence-electron chi connectivity index (χ0n) is 9.76. The number of ether oxygens (including phenoxy) is 1. The molecule has 20 heavy (non-hydrogen) atoms. The largest absolute Gasteiger partial charge is 0.573 e. The Hall–Kier alpha value is -2.22. The van der Waals surface area contributed by atoms with E-state index in [9.17, 15) is 13.2 Å². The first-order valence-electron chi connectivity index (χ1n) is 5.44. The second-order valence-electron chi connectivity index (χ2n) is 3.81. The van der Waals surface area contributed by atoms with Gasteiger partial charge in [0.2, 0.25) is 0 Å². The minimum absolute atomic E-state index is 0.270. The Morgan fingerprint density at radius 2 is 1.80 bits per heavy atom. The molecule has 0 unspecified atom stereocenters. The summed E-state index contributed by atoms with van der Waals surface area (Å²) < 4.78 is 40.0. The van der Waals surface area contributed by atoms with Crippen LogP contribution in [0.25, 0.3) is 21.7 Å². The lowest BCUT2D eigenvalue weighted by atomic mass is 10.1. The van der Waals surface area contributed by atoms with Crippen molar-refractivity contribution in [3.05, 3.63) is 36.0 Å². The van der Waals surface area contributed by atoms with Crippen LogP contribution in [-0.4, -0.2) is 21.3 Å². The van der Waals surface area contributed by atoms with Gasteiger partial charge in [0.1, 0.15) is 5.75 Å². The predicted molar refractivity (Wildman–Crippen MR) is 67.3 cm³/mol. The van der Waals surface area contributed by atoms with Gasteiger partial charge < -0.3 is 4.74 Å². The first-order chi connectivity index (χ1) is 9.51. The Morgan fingerprint density at radius 3 is 2.50 bits per heavy atom. The van der Waals surface area contributed by atoms with Crippen molar-refractivity contribution in [3.8, 4) is 17.0 Å². The maximum Gasteiger partial charge on any atom is 0.573 e. The molecule has 2 heterocycles. The fourth-order valence-corrected chi connectivity index (χ4v) is 2.24. The van der Waals surface area contributed by atoms with Crippen LogP contribution in [0.2, 0.25) is 0 Å². The third-order valence-corrected chi connectivity index (χ3v) is 3.15. The predicted octanol–water partition coefficient (Wildman–Crippen LogP) is 3.65. The second-order valence-corrected chi connectivity index (χ2v) is 4.64. The number of benzene rings is 1. The highest BCUT2D eigenvalue weighted by Gasteiger charge is 2.30. The Morgan fingerprint density at radius 1 is 1.05 bits per heavy atom. The Balaban J connectivity index is 1.90. The molecule has 0 bridgehead atoms. The highest BCUT2D eigenvalue weighted by molar-refractivity contribution is 7.16. The molecule has 8 heteroatoms. The number of rotatable bonds is 2. The summed E-state index contributed by atoms with van der Waals surface area (Å²) in [4.78, 5) is 13.2. The van der Waals surface area contributed by atoms with Gasteiger partial charge >= 0.3 is 6.36 Å². The first kappa shape index (κ1) is 12.8. The summed E-state index contributed by atoms with van der Waals surface area (Å²) in [7, 11) is 0. The molecule has 0 spiro atoms. The number of nitrogens with zero attached hydrogens (tertiary/aromatic N) is 3. The molecule has 0 radical (unpaired) electrons. The number of fused-ring (bicyclic) bond motifs is 1. The average molecular weight is 297 g/mol. The van der Waals surface area contributed by atoms with Crippen LogP contribution >= 0.6 is 11.3 Å². The van der Waals surface area contributed by atoms with Crippen molar-refractivity contribution >= 4 is 21.8 Å². The molecular weight excluding hydrogens is 291 g/mol. The van der Waals surface area contributed by atoms with Crippen molar-refractivity contribution in [1.82, 2.24) is 15.0 Å². The van der Waals surface area contributed by atoms with Gasteiger partial charge in [0.05, 0.1) is 17.4 Å². The molecule has 0 aliphatic heterocycles. The average Bonchev–Trinajstić information content (AvgIpc) is 2.85. The summed E-state index contributed by atoms with van der Waals surface area (Å²) in [6.45, 7) is 0. The Kier molecular flexibility index (Phi) is 3.01. The molecule has 0 fully saturated rings. The third-order valence-electron chi connectivity index (χ3n) is 2.45. The highest BCUT2D eigenvalue weighted by atomic mass is 32.1. The van der Waals surface area contributed by atoms with Crippen molar-refractivity contribution in [2.75, 3.05) is 0 Å². The Bertz CT molecular complexity index is 740. The molecule has 4 nitrogen and oxygen atoms in total. The number of hydrogen-bond acceptors (Lipinski definition) is 5. The fraction of sp³-hybridized carbons (Fsp3) is 0.0833. The standard InChI is InChI=1S/C12H6F3N3OS/c13-12(14,15)19-8-3-1-7(2-4-8)9-5-16-10-11(18-9)20-6-17-10/h1-6H. The van der Waals surface area contributed by atoms with Crippen LogP contribution in [-0.2, 0) is 0 Å². The number of alkyl halides is 3. The topological polar surface area (TPSA) is 47.9 Å². The summed E-state index contributed by atoms with van der Waals surface area (Å²) in [6, 6.07) is 5.47. The van der Waals surface area contributed by atoms with Gasteiger partial charge in [-0.1, -0.05) is 0 Å². The van der Waals surface area contributed by atoms with Crippen LogP contribution in [0, 0.1) is 0 Å². The second kappa shape index (κ2) is 4.71. The number of aromatic nitrogens is 3. The molecule has 0 aliphatic carbocycles. The van der Waals surface area contributed by atoms with Crippen LogP contribution < -0.4 is 4.74 Å². The first-order valence-corrected chi connectivity index (χ1v) is 6.32. The van der Waals surface area contributed by atoms with Gasteiger partial charge in [-0.25, -0.2) is 15.0 Å². The lowest BCUT2D eigenvalue weighted by Crippen LogP contribution is -2.16. The van der Waals surface area contributed by atoms with Crippen molar-refractivity contribution in [3.63, 3.8) is 0 Å². The van der Waals surface area contributed by atoms with E-state index in [1.807, 2.05) is 0 Å². The summed E-state index contributed by atoms with van der Waals surface area (Å²) in [6.07, 6.45) is -3.16. The van der Waals surface area contributed by atoms with Crippen LogP contribution in [0.1, 0.15) is 0 Å². The smallest absolute Gasteiger partial charge is 0.406 e. The van der Waals surface area contributed by atoms with E-state index in [1.165, 1.54) is 41.8 Å². The number of thiazole rings is 1. The van der Waals surface area contributed by atoms with Crippen molar-refractivity contribution in [2.45, 2.75) is 6.36 Å². The lowest BCUT2D eigenvalue weighted by molar-refractivity contribution is -0.274. The summed E-state index contributed by atoms with van der Waals surface area (Å²) in [5, 5.41) is 0. The van der Waals surface area contributed by atoms with E-state index in [4.69, 9.17) is 0 Å². The zero-order valence-corrected chi connectivity index (χ0v) is 10.6. The molecule has 0 amide bonds. The summed E-state index contributed by atoms with van der Waals surface area (Å²) in [5.41, 5.74) is 3.41. The molecule has 2 aromatic heterocycles. The van der Waals surface area contributed by atoms with E-state index in [2.05, 4.69) is 19.7 Å². The van der Waals surface area contributed by atoms with E-state index in [0.717, 1.165) is 0 Å². The van der Waals surface area contributed by atoms with Crippen molar-refractivity contribution in [2.24, 2.45) is 0 Å². The molecule has 1 aromatic carbocycles. The maximum atomic E-state index is 12.1. The molecular formula is C12H6F3N3OS. The molecule has 3 rings (SSSR count). The van der Waals surface area contributed by atoms with Crippen LogP contribution in [0.15, 0.2) is 36.0 Å². The summed E-state index contributed by atoms with van der Waals surface area (Å²) >= 11 is 1.35. The van der Waals surface area contributed by atoms with E-state index in [1.54, 1.807) is 5.51 Å². The van der Waals surface area contributed by atoms with E-state index < -0.39 is 6.36 Å². The van der Waals surface area contributed by atoms with E-state index in [0.29, 0.717) is 21.7 Å². The minimum atomic E-state index is -4.69. The van der Waals surface area contributed by atoms with Crippen LogP contribution in [0.5, 0.6) is 5.75 Å². The monoisotopic (exact) mass is 297 g/mol. The van der Waals surface area contributed by atoms with Gasteiger partial charge in [-0.2, -0.15) is 0 Å². The quantitative estimate of drug-likeness (QED) is 0.724. The molecule has 0 saturated heterocycles. The lowest BCUT2D eigenvalue weighted by Gasteiger charge is -2.09. The maximum absolute atomic E-state index is 12.1. The molecule has 3 aromatic rings. The third kappa shape index (κ3) is 2.69. The van der Waals surface area contributed by atoms with Gasteiger partial charge in [0, 0.05) is 5.56 Å². The summed E-state index contributed by atoms with van der Waals surface area (Å²) in [5.74, 6) is -0.270. The fourth-order valence-electron chi connectivity index (χ4n) is 1.63. The van der Waals surface area contributed by atoms with Crippen molar-refractivity contribution < 1.29 is 17.9 Å². The van der Waals surface area contributed by atoms with Gasteiger partial charge in [-0.15, -0.1) is 24.5 Å². The van der Waals surface area contributed by atoms with E-state index in [-0.39, 0.29) is 5.75 Å². The van der Waals surface area contributed by atoms with Gasteiger partial charge in [0.25, 0.3) is 0 Å². The number of hydrogen-bond donors (Lipinski definition) is 0. The van der Waals surface area contributed by atoms with E-state index >= 15 is 0 Å².